The first-order chi connectivity index (χ1) is 27.7. The van der Waals surface area contributed by atoms with Crippen LogP contribution in [-0.2, 0) is 86.0 Å². The Morgan fingerprint density at radius 1 is 0.233 bits per heavy atom. The second kappa shape index (κ2) is 23.3. The SMILES string of the molecule is CC1NC(=O)C(C)OC(=O)C(C)NC(=O)C(C)OC(=O)C(C)NC(=O)C(C)OC(=O)C(C)NC(=O)C(C)OC(=O)C(C)NC(=O)C(C)OC(=O)C(C)NC(=O)C(C)OC1=O. The van der Waals surface area contributed by atoms with Gasteiger partial charge in [0, 0.05) is 0 Å². The molecule has 1 aliphatic heterocycles. The molecule has 336 valence electrons. The molecule has 12 atom stereocenters. The van der Waals surface area contributed by atoms with Crippen LogP contribution in [0.1, 0.15) is 83.1 Å². The van der Waals surface area contributed by atoms with Crippen molar-refractivity contribution in [1.82, 2.24) is 31.9 Å². The molecule has 0 aliphatic carbocycles. The van der Waals surface area contributed by atoms with Crippen LogP contribution in [-0.4, -0.2) is 144 Å². The molecule has 0 spiro atoms. The molecule has 0 radical (unpaired) electrons. The lowest BCUT2D eigenvalue weighted by atomic mass is 10.2. The van der Waals surface area contributed by atoms with Crippen LogP contribution in [0, 0.1) is 0 Å². The van der Waals surface area contributed by atoms with Crippen LogP contribution < -0.4 is 31.9 Å². The third kappa shape index (κ3) is 16.5. The largest absolute Gasteiger partial charge is 0.451 e. The first kappa shape index (κ1) is 51.7. The van der Waals surface area contributed by atoms with E-state index >= 15 is 0 Å². The van der Waals surface area contributed by atoms with Gasteiger partial charge in [-0.3, -0.25) is 28.8 Å². The summed E-state index contributed by atoms with van der Waals surface area (Å²) in [6.07, 6.45) is -9.06. The van der Waals surface area contributed by atoms with Gasteiger partial charge in [0.25, 0.3) is 35.4 Å². The highest BCUT2D eigenvalue weighted by atomic mass is 16.6. The van der Waals surface area contributed by atoms with Crippen LogP contribution in [0.2, 0.25) is 0 Å². The molecule has 1 aliphatic rings. The Labute approximate surface area is 344 Å². The van der Waals surface area contributed by atoms with Gasteiger partial charge in [0.2, 0.25) is 0 Å². The predicted octanol–water partition coefficient (Wildman–Crippen LogP) is -3.38. The quantitative estimate of drug-likeness (QED) is 0.102. The third-order valence-corrected chi connectivity index (χ3v) is 8.25. The lowest BCUT2D eigenvalue weighted by molar-refractivity contribution is -0.163. The minimum absolute atomic E-state index is 0.967. The highest BCUT2D eigenvalue weighted by molar-refractivity contribution is 5.95. The molecule has 0 bridgehead atoms. The number of nitrogens with one attached hydrogen (secondary N) is 6. The number of rotatable bonds is 0. The van der Waals surface area contributed by atoms with E-state index in [0.29, 0.717) is 0 Å². The maximum Gasteiger partial charge on any atom is 0.329 e. The van der Waals surface area contributed by atoms with E-state index in [1.165, 1.54) is 41.5 Å². The van der Waals surface area contributed by atoms with Crippen molar-refractivity contribution in [3.63, 3.8) is 0 Å². The van der Waals surface area contributed by atoms with Gasteiger partial charge in [-0.25, -0.2) is 28.8 Å². The molecule has 12 unspecified atom stereocenters. The van der Waals surface area contributed by atoms with E-state index in [1.807, 2.05) is 0 Å². The Bertz CT molecular complexity index is 1260. The second-order valence-electron chi connectivity index (χ2n) is 13.9. The van der Waals surface area contributed by atoms with E-state index in [-0.39, 0.29) is 0 Å². The van der Waals surface area contributed by atoms with Gasteiger partial charge in [-0.1, -0.05) is 0 Å². The van der Waals surface area contributed by atoms with Crippen LogP contribution in [0.5, 0.6) is 0 Å². The zero-order chi connectivity index (χ0) is 46.3. The zero-order valence-electron chi connectivity index (χ0n) is 35.3. The molecule has 6 amide bonds. The third-order valence-electron chi connectivity index (χ3n) is 8.25. The van der Waals surface area contributed by atoms with Gasteiger partial charge in [-0.2, -0.15) is 0 Å². The van der Waals surface area contributed by atoms with Crippen molar-refractivity contribution in [2.45, 2.75) is 156 Å². The Morgan fingerprint density at radius 2 is 0.333 bits per heavy atom. The summed E-state index contributed by atoms with van der Waals surface area (Å²) in [4.78, 5) is 152. The molecule has 6 N–H and O–H groups in total. The summed E-state index contributed by atoms with van der Waals surface area (Å²) in [6.45, 7) is 14.2. The van der Waals surface area contributed by atoms with E-state index < -0.39 is 144 Å². The topological polar surface area (TPSA) is 332 Å². The minimum atomic E-state index is -1.51. The molecule has 1 saturated heterocycles. The predicted molar refractivity (Wildman–Crippen MR) is 199 cm³/mol. The van der Waals surface area contributed by atoms with E-state index in [4.69, 9.17) is 28.4 Å². The van der Waals surface area contributed by atoms with E-state index in [0.717, 1.165) is 41.5 Å². The number of hydrogen-bond donors (Lipinski definition) is 6. The summed E-state index contributed by atoms with van der Waals surface area (Å²) in [5, 5.41) is 13.4. The van der Waals surface area contributed by atoms with Crippen LogP contribution in [0.4, 0.5) is 0 Å². The molecule has 1 rings (SSSR count). The van der Waals surface area contributed by atoms with Crippen molar-refractivity contribution < 1.29 is 86.0 Å². The molecule has 0 aromatic heterocycles. The van der Waals surface area contributed by atoms with Gasteiger partial charge in [0.1, 0.15) is 36.3 Å². The normalized spacial score (nSPS) is 33.0. The fourth-order valence-electron chi connectivity index (χ4n) is 4.32. The summed E-state index contributed by atoms with van der Waals surface area (Å²) in [6, 6.07) is -8.28. The number of carbonyl (C=O) groups excluding carboxylic acids is 12. The number of carbonyl (C=O) groups is 12. The Morgan fingerprint density at radius 3 is 0.433 bits per heavy atom. The van der Waals surface area contributed by atoms with Gasteiger partial charge < -0.3 is 60.3 Å². The highest BCUT2D eigenvalue weighted by Gasteiger charge is 2.33. The van der Waals surface area contributed by atoms with Crippen molar-refractivity contribution in [3.8, 4) is 0 Å². The van der Waals surface area contributed by atoms with Crippen LogP contribution >= 0.6 is 0 Å². The number of hydrogen-bond acceptors (Lipinski definition) is 18. The number of esters is 6. The molecule has 60 heavy (non-hydrogen) atoms. The first-order valence-corrected chi connectivity index (χ1v) is 18.7. The van der Waals surface area contributed by atoms with Crippen LogP contribution in [0.15, 0.2) is 0 Å². The van der Waals surface area contributed by atoms with Crippen molar-refractivity contribution >= 4 is 71.3 Å². The van der Waals surface area contributed by atoms with Crippen LogP contribution in [0.3, 0.4) is 0 Å². The molecule has 1 heterocycles. The van der Waals surface area contributed by atoms with E-state index in [2.05, 4.69) is 31.9 Å². The summed E-state index contributed by atoms with van der Waals surface area (Å²) in [5.41, 5.74) is 0. The van der Waals surface area contributed by atoms with Gasteiger partial charge in [0.05, 0.1) is 0 Å². The molecular formula is C36H54N6O18. The van der Waals surface area contributed by atoms with Crippen LogP contribution in [0.25, 0.3) is 0 Å². The molecular weight excluding hydrogens is 804 g/mol. The average molecular weight is 859 g/mol. The summed E-state index contributed by atoms with van der Waals surface area (Å²) < 4.78 is 30.4. The lowest BCUT2D eigenvalue weighted by Crippen LogP contribution is -2.51. The van der Waals surface area contributed by atoms with Crippen molar-refractivity contribution in [3.05, 3.63) is 0 Å². The fraction of sp³-hybridized carbons (Fsp3) is 0.667. The van der Waals surface area contributed by atoms with Gasteiger partial charge in [-0.05, 0) is 83.1 Å². The van der Waals surface area contributed by atoms with Crippen molar-refractivity contribution in [2.75, 3.05) is 0 Å². The number of cyclic esters (lactones) is 6. The second-order valence-corrected chi connectivity index (χ2v) is 13.9. The molecule has 24 heteroatoms. The molecule has 24 nitrogen and oxygen atoms in total. The summed E-state index contributed by atoms with van der Waals surface area (Å²) in [5.74, 6) is -12.4. The number of ether oxygens (including phenoxy) is 6. The molecule has 0 aromatic carbocycles. The number of amides is 6. The van der Waals surface area contributed by atoms with E-state index in [9.17, 15) is 57.5 Å². The monoisotopic (exact) mass is 858 g/mol. The van der Waals surface area contributed by atoms with Crippen molar-refractivity contribution in [1.29, 1.82) is 0 Å². The fourth-order valence-corrected chi connectivity index (χ4v) is 4.32. The molecule has 1 fully saturated rings. The molecule has 0 saturated carbocycles. The lowest BCUT2D eigenvalue weighted by Gasteiger charge is -2.23. The molecule has 0 aromatic rings. The average Bonchev–Trinajstić information content (AvgIpc) is 3.16. The van der Waals surface area contributed by atoms with Crippen molar-refractivity contribution in [2.24, 2.45) is 0 Å². The Balaban J connectivity index is 3.18. The summed E-state index contributed by atoms with van der Waals surface area (Å²) in [7, 11) is 0. The van der Waals surface area contributed by atoms with Gasteiger partial charge >= 0.3 is 35.8 Å². The van der Waals surface area contributed by atoms with E-state index in [1.54, 1.807) is 0 Å². The zero-order valence-corrected chi connectivity index (χ0v) is 35.3. The Kier molecular flexibility index (Phi) is 20.0. The minimum Gasteiger partial charge on any atom is -0.451 e. The maximum absolute atomic E-state index is 12.7. The van der Waals surface area contributed by atoms with Gasteiger partial charge in [0.15, 0.2) is 36.6 Å². The summed E-state index contributed by atoms with van der Waals surface area (Å²) >= 11 is 0. The Hall–Kier alpha value is -6.36. The first-order valence-electron chi connectivity index (χ1n) is 18.7. The highest BCUT2D eigenvalue weighted by Crippen LogP contribution is 2.06. The van der Waals surface area contributed by atoms with Gasteiger partial charge in [-0.15, -0.1) is 0 Å². The maximum atomic E-state index is 12.7. The standard InChI is InChI=1S/C36H54N6O18/c1-13-31(49)55-20(8)26(44)38-15(3)33(51)57-22(10)28(46)40-17(5)35(53)59-24(12)30(48)42-18(6)36(54)60-23(11)29(47)41-16(4)34(52)58-21(9)27(45)39-14(2)32(50)56-19(7)25(43)37-13/h13-24H,1-12H3,(H,37,43)(H,38,44)(H,39,45)(H,40,46)(H,41,47)(H,42,48). The smallest absolute Gasteiger partial charge is 0.329 e.